The third kappa shape index (κ3) is 5.35. The van der Waals surface area contributed by atoms with Gasteiger partial charge in [0.1, 0.15) is 25.0 Å². The summed E-state index contributed by atoms with van der Waals surface area (Å²) in [5.74, 6) is -1.03. The molecule has 8 nitrogen and oxygen atoms in total. The SMILES string of the molecule is Cc1ccc(C(=O)OC[C@H]2O[C@@H](n3cccnc3=O)C[C@@H]2OC(=O)c2ccc(C)cc2)cc1. The van der Waals surface area contributed by atoms with E-state index in [9.17, 15) is 14.4 Å². The van der Waals surface area contributed by atoms with E-state index in [4.69, 9.17) is 14.2 Å². The number of aromatic nitrogens is 2. The lowest BCUT2D eigenvalue weighted by Gasteiger charge is -2.19. The smallest absolute Gasteiger partial charge is 0.349 e. The number of hydrogen-bond acceptors (Lipinski definition) is 7. The summed E-state index contributed by atoms with van der Waals surface area (Å²) in [5.41, 5.74) is 2.37. The molecule has 0 amide bonds. The number of ether oxygens (including phenoxy) is 3. The van der Waals surface area contributed by atoms with Crippen LogP contribution in [0.1, 0.15) is 44.5 Å². The van der Waals surface area contributed by atoms with Gasteiger partial charge in [0.15, 0.2) is 0 Å². The molecule has 1 aliphatic rings. The van der Waals surface area contributed by atoms with Gasteiger partial charge < -0.3 is 14.2 Å². The zero-order valence-corrected chi connectivity index (χ0v) is 18.3. The normalized spacial score (nSPS) is 19.8. The number of rotatable bonds is 6. The van der Waals surface area contributed by atoms with Crippen molar-refractivity contribution >= 4 is 11.9 Å². The quantitative estimate of drug-likeness (QED) is 0.534. The second-order valence-corrected chi connectivity index (χ2v) is 7.95. The fraction of sp³-hybridized carbons (Fsp3) is 0.280. The molecular formula is C25H24N2O6. The van der Waals surface area contributed by atoms with Crippen LogP contribution in [0.4, 0.5) is 0 Å². The van der Waals surface area contributed by atoms with Crippen molar-refractivity contribution in [1.29, 1.82) is 0 Å². The van der Waals surface area contributed by atoms with E-state index in [2.05, 4.69) is 4.98 Å². The third-order valence-electron chi connectivity index (χ3n) is 5.44. The van der Waals surface area contributed by atoms with E-state index in [1.807, 2.05) is 38.1 Å². The summed E-state index contributed by atoms with van der Waals surface area (Å²) in [4.78, 5) is 41.0. The van der Waals surface area contributed by atoms with E-state index in [0.717, 1.165) is 11.1 Å². The Morgan fingerprint density at radius 2 is 1.61 bits per heavy atom. The lowest BCUT2D eigenvalue weighted by atomic mass is 10.1. The Morgan fingerprint density at radius 3 is 2.21 bits per heavy atom. The van der Waals surface area contributed by atoms with Crippen LogP contribution in [0.25, 0.3) is 0 Å². The number of carbonyl (C=O) groups excluding carboxylic acids is 2. The molecule has 3 aromatic rings. The molecule has 0 spiro atoms. The van der Waals surface area contributed by atoms with Gasteiger partial charge >= 0.3 is 17.6 Å². The maximum atomic E-state index is 12.7. The zero-order valence-electron chi connectivity index (χ0n) is 18.3. The largest absolute Gasteiger partial charge is 0.459 e. The Bertz CT molecular complexity index is 1190. The molecule has 0 radical (unpaired) electrons. The summed E-state index contributed by atoms with van der Waals surface area (Å²) >= 11 is 0. The van der Waals surface area contributed by atoms with Crippen LogP contribution in [-0.4, -0.2) is 40.3 Å². The van der Waals surface area contributed by atoms with Crippen LogP contribution >= 0.6 is 0 Å². The Hall–Kier alpha value is -3.78. The van der Waals surface area contributed by atoms with Gasteiger partial charge in [-0.05, 0) is 44.2 Å². The van der Waals surface area contributed by atoms with Gasteiger partial charge in [0.2, 0.25) is 0 Å². The fourth-order valence-electron chi connectivity index (χ4n) is 3.56. The van der Waals surface area contributed by atoms with Gasteiger partial charge in [-0.15, -0.1) is 0 Å². The predicted octanol–water partition coefficient (Wildman–Crippen LogP) is 3.23. The van der Waals surface area contributed by atoms with E-state index in [-0.39, 0.29) is 13.0 Å². The number of carbonyl (C=O) groups is 2. The summed E-state index contributed by atoms with van der Waals surface area (Å²) in [6.45, 7) is 3.72. The van der Waals surface area contributed by atoms with Crippen molar-refractivity contribution in [2.75, 3.05) is 6.61 Å². The van der Waals surface area contributed by atoms with Gasteiger partial charge in [-0.3, -0.25) is 4.57 Å². The third-order valence-corrected chi connectivity index (χ3v) is 5.44. The molecule has 2 heterocycles. The highest BCUT2D eigenvalue weighted by Crippen LogP contribution is 2.31. The van der Waals surface area contributed by atoms with Crippen molar-refractivity contribution in [3.63, 3.8) is 0 Å². The van der Waals surface area contributed by atoms with Gasteiger partial charge in [0, 0.05) is 18.8 Å². The minimum absolute atomic E-state index is 0.135. The number of nitrogens with zero attached hydrogens (tertiary/aromatic N) is 2. The first kappa shape index (κ1) is 22.4. The molecule has 1 aliphatic heterocycles. The molecule has 0 bridgehead atoms. The average Bonchev–Trinajstić information content (AvgIpc) is 3.21. The number of hydrogen-bond donors (Lipinski definition) is 0. The molecule has 0 saturated carbocycles. The van der Waals surface area contributed by atoms with Crippen molar-refractivity contribution in [3.8, 4) is 0 Å². The van der Waals surface area contributed by atoms with Crippen LogP contribution in [0.15, 0.2) is 71.8 Å². The van der Waals surface area contributed by atoms with Crippen LogP contribution in [0, 0.1) is 13.8 Å². The first-order valence-electron chi connectivity index (χ1n) is 10.6. The molecule has 1 aromatic heterocycles. The van der Waals surface area contributed by atoms with Crippen molar-refractivity contribution in [3.05, 3.63) is 99.7 Å². The summed E-state index contributed by atoms with van der Waals surface area (Å²) in [6.07, 6.45) is 0.997. The molecule has 33 heavy (non-hydrogen) atoms. The number of esters is 2. The Labute approximate surface area is 190 Å². The maximum absolute atomic E-state index is 12.7. The van der Waals surface area contributed by atoms with Crippen LogP contribution in [0.5, 0.6) is 0 Å². The zero-order chi connectivity index (χ0) is 23.4. The molecule has 8 heteroatoms. The predicted molar refractivity (Wildman–Crippen MR) is 119 cm³/mol. The minimum Gasteiger partial charge on any atom is -0.459 e. The van der Waals surface area contributed by atoms with Crippen LogP contribution in [0.2, 0.25) is 0 Å². The molecule has 0 aliphatic carbocycles. The minimum atomic E-state index is -0.745. The van der Waals surface area contributed by atoms with Gasteiger partial charge in [0.05, 0.1) is 11.1 Å². The summed E-state index contributed by atoms with van der Waals surface area (Å²) < 4.78 is 18.4. The molecule has 3 atom stereocenters. The second kappa shape index (κ2) is 9.79. The summed E-state index contributed by atoms with van der Waals surface area (Å²) in [7, 11) is 0. The number of aryl methyl sites for hydroxylation is 2. The molecule has 0 N–H and O–H groups in total. The van der Waals surface area contributed by atoms with E-state index >= 15 is 0 Å². The van der Waals surface area contributed by atoms with Gasteiger partial charge in [0.25, 0.3) is 0 Å². The number of benzene rings is 2. The summed E-state index contributed by atoms with van der Waals surface area (Å²) in [5, 5.41) is 0. The van der Waals surface area contributed by atoms with E-state index in [0.29, 0.717) is 11.1 Å². The fourth-order valence-corrected chi connectivity index (χ4v) is 3.56. The standard InChI is InChI=1S/C25H24N2O6/c1-16-4-8-18(9-5-16)23(28)31-15-21-20(33-24(29)19-10-6-17(2)7-11-19)14-22(32-21)27-13-3-12-26-25(27)30/h3-13,20-22H,14-15H2,1-2H3/t20-,21+,22+/m0/s1. The molecular weight excluding hydrogens is 424 g/mol. The van der Waals surface area contributed by atoms with Crippen LogP contribution < -0.4 is 5.69 Å². The van der Waals surface area contributed by atoms with E-state index in [1.54, 1.807) is 36.5 Å². The van der Waals surface area contributed by atoms with Gasteiger partial charge in [-0.25, -0.2) is 19.4 Å². The van der Waals surface area contributed by atoms with Gasteiger partial charge in [-0.2, -0.15) is 0 Å². The van der Waals surface area contributed by atoms with Crippen molar-refractivity contribution in [2.24, 2.45) is 0 Å². The Balaban J connectivity index is 1.49. The molecule has 2 aromatic carbocycles. The molecule has 4 rings (SSSR count). The van der Waals surface area contributed by atoms with Crippen molar-refractivity contribution < 1.29 is 23.8 Å². The van der Waals surface area contributed by atoms with Crippen LogP contribution in [-0.2, 0) is 14.2 Å². The van der Waals surface area contributed by atoms with Crippen LogP contribution in [0.3, 0.4) is 0 Å². The highest BCUT2D eigenvalue weighted by atomic mass is 16.6. The second-order valence-electron chi connectivity index (χ2n) is 7.95. The Morgan fingerprint density at radius 1 is 1.00 bits per heavy atom. The van der Waals surface area contributed by atoms with E-state index < -0.39 is 36.1 Å². The maximum Gasteiger partial charge on any atom is 0.349 e. The van der Waals surface area contributed by atoms with Gasteiger partial charge in [-0.1, -0.05) is 35.4 Å². The molecule has 1 saturated heterocycles. The highest BCUT2D eigenvalue weighted by molar-refractivity contribution is 5.90. The molecule has 1 fully saturated rings. The van der Waals surface area contributed by atoms with E-state index in [1.165, 1.54) is 10.8 Å². The lowest BCUT2D eigenvalue weighted by Crippen LogP contribution is -2.32. The Kier molecular flexibility index (Phi) is 6.65. The lowest BCUT2D eigenvalue weighted by molar-refractivity contribution is -0.0582. The first-order valence-corrected chi connectivity index (χ1v) is 10.6. The first-order chi connectivity index (χ1) is 15.9. The van der Waals surface area contributed by atoms with Crippen molar-refractivity contribution in [2.45, 2.75) is 38.7 Å². The topological polar surface area (TPSA) is 96.7 Å². The molecule has 170 valence electrons. The van der Waals surface area contributed by atoms with Crippen molar-refractivity contribution in [1.82, 2.24) is 9.55 Å². The molecule has 0 unspecified atom stereocenters. The highest BCUT2D eigenvalue weighted by Gasteiger charge is 2.40. The average molecular weight is 448 g/mol. The monoisotopic (exact) mass is 448 g/mol. The summed E-state index contributed by atoms with van der Waals surface area (Å²) in [6, 6.07) is 15.6.